The zero-order valence-corrected chi connectivity index (χ0v) is 27.7. The summed E-state index contributed by atoms with van der Waals surface area (Å²) in [5.41, 5.74) is 10.6. The van der Waals surface area contributed by atoms with Gasteiger partial charge >= 0.3 is 6.09 Å². The van der Waals surface area contributed by atoms with Crippen LogP contribution in [-0.4, -0.2) is 87.3 Å². The molecule has 11 nitrogen and oxygen atoms in total. The molecule has 0 aromatic heterocycles. The summed E-state index contributed by atoms with van der Waals surface area (Å²) in [6.45, 7) is 6.13. The summed E-state index contributed by atoms with van der Waals surface area (Å²) in [6, 6.07) is 23.4. The minimum atomic E-state index is -1.66. The average Bonchev–Trinajstić information content (AvgIpc) is 3.41. The van der Waals surface area contributed by atoms with Crippen LogP contribution >= 0.6 is 0 Å². The molecule has 3 aromatic carbocycles. The van der Waals surface area contributed by atoms with Crippen molar-refractivity contribution in [1.82, 2.24) is 16.0 Å². The molecule has 3 amide bonds. The summed E-state index contributed by atoms with van der Waals surface area (Å²) in [5, 5.41) is 19.5. The van der Waals surface area contributed by atoms with Crippen LogP contribution in [0.4, 0.5) is 4.79 Å². The Labute approximate surface area is 282 Å². The number of benzene rings is 3. The highest BCUT2D eigenvalue weighted by Crippen LogP contribution is 2.44. The van der Waals surface area contributed by atoms with Gasteiger partial charge in [0.25, 0.3) is 5.91 Å². The van der Waals surface area contributed by atoms with Gasteiger partial charge in [-0.25, -0.2) is 4.79 Å². The van der Waals surface area contributed by atoms with Crippen molar-refractivity contribution in [3.63, 3.8) is 0 Å². The molecule has 3 atom stereocenters. The first kappa shape index (κ1) is 36.5. The quantitative estimate of drug-likeness (QED) is 0.123. The zero-order chi connectivity index (χ0) is 34.3. The highest BCUT2D eigenvalue weighted by Gasteiger charge is 2.33. The van der Waals surface area contributed by atoms with Gasteiger partial charge in [0.15, 0.2) is 6.10 Å². The van der Waals surface area contributed by atoms with Gasteiger partial charge in [-0.3, -0.25) is 9.59 Å². The standard InChI is InChI=1S/C37H48N4O7/c1-25(2)22-33(35(43)39-17-19-47-21-20-46-18-16-38)40-36(44)34(42)32(23-26-10-4-3-5-11-26)41-37(45)48-24-31-29-14-8-6-12-27(29)28-13-7-9-15-30(28)31/h3-15,25,31-34,42H,16-24,38H2,1-2H3,(H,39,43)(H,40,44)(H,41,45). The molecular weight excluding hydrogens is 612 g/mol. The van der Waals surface area contributed by atoms with Crippen molar-refractivity contribution in [1.29, 1.82) is 0 Å². The maximum absolute atomic E-state index is 13.4. The first-order valence-electron chi connectivity index (χ1n) is 16.6. The molecule has 258 valence electrons. The lowest BCUT2D eigenvalue weighted by molar-refractivity contribution is -0.135. The summed E-state index contributed by atoms with van der Waals surface area (Å²) in [5.74, 6) is -1.23. The SMILES string of the molecule is CC(C)CC(NC(=O)C(O)C(Cc1ccccc1)NC(=O)OCC1c2ccccc2-c2ccccc21)C(=O)NCCOCCOCCN. The minimum absolute atomic E-state index is 0.0770. The van der Waals surface area contributed by atoms with Gasteiger partial charge in [-0.05, 0) is 46.6 Å². The van der Waals surface area contributed by atoms with Gasteiger partial charge < -0.3 is 41.0 Å². The Kier molecular flexibility index (Phi) is 14.4. The number of nitrogens with two attached hydrogens (primary N) is 1. The molecule has 1 aliphatic carbocycles. The first-order chi connectivity index (χ1) is 23.3. The number of carbonyl (C=O) groups is 3. The second kappa shape index (κ2) is 18.9. The van der Waals surface area contributed by atoms with Crippen molar-refractivity contribution >= 4 is 17.9 Å². The molecule has 0 radical (unpaired) electrons. The number of ether oxygens (including phenoxy) is 3. The predicted octanol–water partition coefficient (Wildman–Crippen LogP) is 3.14. The molecule has 0 bridgehead atoms. The highest BCUT2D eigenvalue weighted by molar-refractivity contribution is 5.90. The lowest BCUT2D eigenvalue weighted by Gasteiger charge is -2.26. The van der Waals surface area contributed by atoms with Gasteiger partial charge in [0.05, 0.1) is 32.5 Å². The van der Waals surface area contributed by atoms with E-state index in [1.807, 2.05) is 80.6 Å². The summed E-state index contributed by atoms with van der Waals surface area (Å²) in [6.07, 6.45) is -1.91. The fraction of sp³-hybridized carbons (Fsp3) is 0.432. The van der Waals surface area contributed by atoms with Crippen molar-refractivity contribution in [2.24, 2.45) is 11.7 Å². The Morgan fingerprint density at radius 2 is 1.40 bits per heavy atom. The zero-order valence-electron chi connectivity index (χ0n) is 27.7. The van der Waals surface area contributed by atoms with E-state index in [0.29, 0.717) is 32.8 Å². The van der Waals surface area contributed by atoms with E-state index in [1.165, 1.54) is 0 Å². The Hall–Kier alpha value is -4.29. The Bertz CT molecular complexity index is 1420. The van der Waals surface area contributed by atoms with Crippen molar-refractivity contribution in [2.45, 2.75) is 50.8 Å². The van der Waals surface area contributed by atoms with E-state index in [0.717, 1.165) is 27.8 Å². The van der Waals surface area contributed by atoms with Gasteiger partial charge in [0, 0.05) is 19.0 Å². The van der Waals surface area contributed by atoms with E-state index in [1.54, 1.807) is 0 Å². The fourth-order valence-electron chi connectivity index (χ4n) is 5.82. The third-order valence-corrected chi connectivity index (χ3v) is 8.12. The Morgan fingerprint density at radius 1 is 0.792 bits per heavy atom. The van der Waals surface area contributed by atoms with E-state index in [-0.39, 0.29) is 38.0 Å². The summed E-state index contributed by atoms with van der Waals surface area (Å²) >= 11 is 0. The van der Waals surface area contributed by atoms with E-state index in [9.17, 15) is 19.5 Å². The van der Waals surface area contributed by atoms with Crippen LogP contribution in [0.15, 0.2) is 78.9 Å². The normalized spacial score (nSPS) is 14.0. The number of hydrogen-bond acceptors (Lipinski definition) is 8. The molecular formula is C37H48N4O7. The smallest absolute Gasteiger partial charge is 0.407 e. The van der Waals surface area contributed by atoms with Gasteiger partial charge in [0.2, 0.25) is 5.91 Å². The van der Waals surface area contributed by atoms with Crippen LogP contribution in [0.2, 0.25) is 0 Å². The van der Waals surface area contributed by atoms with Crippen molar-refractivity contribution < 1.29 is 33.7 Å². The molecule has 0 saturated heterocycles. The maximum atomic E-state index is 13.4. The number of fused-ring (bicyclic) bond motifs is 3. The molecule has 48 heavy (non-hydrogen) atoms. The van der Waals surface area contributed by atoms with Gasteiger partial charge in [-0.2, -0.15) is 0 Å². The second-order valence-electron chi connectivity index (χ2n) is 12.2. The van der Waals surface area contributed by atoms with E-state index in [4.69, 9.17) is 19.9 Å². The highest BCUT2D eigenvalue weighted by atomic mass is 16.5. The van der Waals surface area contributed by atoms with Crippen molar-refractivity contribution in [3.8, 4) is 11.1 Å². The molecule has 1 aliphatic rings. The minimum Gasteiger partial charge on any atom is -0.449 e. The molecule has 11 heteroatoms. The van der Waals surface area contributed by atoms with Crippen LogP contribution in [0.5, 0.6) is 0 Å². The third kappa shape index (κ3) is 10.6. The second-order valence-corrected chi connectivity index (χ2v) is 12.2. The summed E-state index contributed by atoms with van der Waals surface area (Å²) in [4.78, 5) is 39.7. The predicted molar refractivity (Wildman–Crippen MR) is 183 cm³/mol. The molecule has 0 spiro atoms. The summed E-state index contributed by atoms with van der Waals surface area (Å²) in [7, 11) is 0. The lowest BCUT2D eigenvalue weighted by atomic mass is 9.98. The number of hydrogen-bond donors (Lipinski definition) is 5. The molecule has 0 heterocycles. The number of alkyl carbamates (subject to hydrolysis) is 1. The topological polar surface area (TPSA) is 161 Å². The fourth-order valence-corrected chi connectivity index (χ4v) is 5.82. The molecule has 0 aliphatic heterocycles. The van der Waals surface area contributed by atoms with Crippen LogP contribution in [0.25, 0.3) is 11.1 Å². The number of carbonyl (C=O) groups excluding carboxylic acids is 3. The molecule has 0 fully saturated rings. The Balaban J connectivity index is 1.37. The lowest BCUT2D eigenvalue weighted by Crippen LogP contribution is -2.56. The van der Waals surface area contributed by atoms with Gasteiger partial charge in [-0.15, -0.1) is 0 Å². The third-order valence-electron chi connectivity index (χ3n) is 8.12. The van der Waals surface area contributed by atoms with E-state index < -0.39 is 36.1 Å². The van der Waals surface area contributed by atoms with E-state index >= 15 is 0 Å². The molecule has 3 aromatic rings. The van der Waals surface area contributed by atoms with Crippen LogP contribution in [0, 0.1) is 5.92 Å². The molecule has 6 N–H and O–H groups in total. The van der Waals surface area contributed by atoms with Crippen LogP contribution in [0.3, 0.4) is 0 Å². The van der Waals surface area contributed by atoms with Crippen molar-refractivity contribution in [3.05, 3.63) is 95.6 Å². The number of aliphatic hydroxyl groups is 1. The monoisotopic (exact) mass is 660 g/mol. The van der Waals surface area contributed by atoms with Gasteiger partial charge in [0.1, 0.15) is 12.6 Å². The van der Waals surface area contributed by atoms with Crippen LogP contribution in [0.1, 0.15) is 42.9 Å². The van der Waals surface area contributed by atoms with Crippen LogP contribution in [-0.2, 0) is 30.2 Å². The summed E-state index contributed by atoms with van der Waals surface area (Å²) < 4.78 is 16.4. The van der Waals surface area contributed by atoms with Crippen LogP contribution < -0.4 is 21.7 Å². The first-order valence-corrected chi connectivity index (χ1v) is 16.6. The van der Waals surface area contributed by atoms with Crippen molar-refractivity contribution in [2.75, 3.05) is 46.1 Å². The van der Waals surface area contributed by atoms with Gasteiger partial charge in [-0.1, -0.05) is 92.7 Å². The number of rotatable bonds is 19. The molecule has 4 rings (SSSR count). The number of nitrogens with one attached hydrogen (secondary N) is 3. The maximum Gasteiger partial charge on any atom is 0.407 e. The Morgan fingerprint density at radius 3 is 2.02 bits per heavy atom. The average molecular weight is 661 g/mol. The van der Waals surface area contributed by atoms with E-state index in [2.05, 4.69) is 28.1 Å². The molecule has 3 unspecified atom stereocenters. The number of amides is 3. The molecule has 0 saturated carbocycles. The largest absolute Gasteiger partial charge is 0.449 e. The number of aliphatic hydroxyl groups excluding tert-OH is 1.